The average molecular weight is 195 g/mol. The van der Waals surface area contributed by atoms with Gasteiger partial charge in [-0.25, -0.2) is 4.98 Å². The molecule has 1 aliphatic rings. The van der Waals surface area contributed by atoms with Crippen LogP contribution in [0.2, 0.25) is 0 Å². The number of oxazole rings is 1. The van der Waals surface area contributed by atoms with E-state index in [1.165, 1.54) is 0 Å². The van der Waals surface area contributed by atoms with E-state index < -0.39 is 0 Å². The van der Waals surface area contributed by atoms with Crippen LogP contribution in [0.5, 0.6) is 0 Å². The Bertz CT molecular complexity index is 279. The average Bonchev–Trinajstić information content (AvgIpc) is 2.67. The van der Waals surface area contributed by atoms with Gasteiger partial charge in [0, 0.05) is 39.1 Å². The zero-order valence-corrected chi connectivity index (χ0v) is 8.62. The van der Waals surface area contributed by atoms with Gasteiger partial charge in [-0.3, -0.25) is 4.90 Å². The molecule has 0 spiro atoms. The van der Waals surface area contributed by atoms with Gasteiger partial charge in [-0.05, 0) is 0 Å². The molecule has 0 aliphatic carbocycles. The summed E-state index contributed by atoms with van der Waals surface area (Å²) in [4.78, 5) is 6.79. The minimum absolute atomic E-state index is 0.843. The summed E-state index contributed by atoms with van der Waals surface area (Å²) in [5.41, 5.74) is 1.06. The lowest BCUT2D eigenvalue weighted by atomic mass is 10.3. The second kappa shape index (κ2) is 4.57. The van der Waals surface area contributed by atoms with Gasteiger partial charge in [0.2, 0.25) is 0 Å². The Morgan fingerprint density at radius 1 is 1.50 bits per heavy atom. The molecule has 1 fully saturated rings. The van der Waals surface area contributed by atoms with Crippen molar-refractivity contribution in [2.75, 3.05) is 26.2 Å². The van der Waals surface area contributed by atoms with Crippen LogP contribution in [0.1, 0.15) is 18.5 Å². The molecule has 1 aromatic rings. The van der Waals surface area contributed by atoms with Crippen molar-refractivity contribution in [3.8, 4) is 0 Å². The van der Waals surface area contributed by atoms with Crippen molar-refractivity contribution in [1.82, 2.24) is 15.2 Å². The van der Waals surface area contributed by atoms with Gasteiger partial charge < -0.3 is 9.73 Å². The smallest absolute Gasteiger partial charge is 0.193 e. The minimum Gasteiger partial charge on any atom is -0.449 e. The first-order valence-electron chi connectivity index (χ1n) is 5.25. The first-order valence-corrected chi connectivity index (χ1v) is 5.25. The molecule has 0 radical (unpaired) electrons. The van der Waals surface area contributed by atoms with Crippen LogP contribution >= 0.6 is 0 Å². The molecule has 0 unspecified atom stereocenters. The first kappa shape index (κ1) is 9.68. The van der Waals surface area contributed by atoms with E-state index in [2.05, 4.69) is 22.1 Å². The molecule has 2 rings (SSSR count). The van der Waals surface area contributed by atoms with Crippen LogP contribution in [0.4, 0.5) is 0 Å². The van der Waals surface area contributed by atoms with Crippen LogP contribution in [0.3, 0.4) is 0 Å². The Morgan fingerprint density at radius 3 is 2.93 bits per heavy atom. The van der Waals surface area contributed by atoms with Crippen molar-refractivity contribution in [2.45, 2.75) is 19.9 Å². The molecular formula is C10H17N3O. The number of aryl methyl sites for hydroxylation is 1. The van der Waals surface area contributed by atoms with E-state index in [1.54, 1.807) is 6.26 Å². The summed E-state index contributed by atoms with van der Waals surface area (Å²) in [5.74, 6) is 0.843. The van der Waals surface area contributed by atoms with E-state index in [9.17, 15) is 0 Å². The number of hydrogen-bond acceptors (Lipinski definition) is 4. The molecule has 1 N–H and O–H groups in total. The third-order valence-corrected chi connectivity index (χ3v) is 2.50. The van der Waals surface area contributed by atoms with Crippen molar-refractivity contribution in [3.05, 3.63) is 17.8 Å². The third-order valence-electron chi connectivity index (χ3n) is 2.50. The standard InChI is InChI=1S/C10H17N3O/c1-2-10-12-9(8-14-10)7-13-5-3-11-4-6-13/h8,11H,2-7H2,1H3. The zero-order valence-electron chi connectivity index (χ0n) is 8.62. The van der Waals surface area contributed by atoms with Crippen LogP contribution in [-0.2, 0) is 13.0 Å². The van der Waals surface area contributed by atoms with Gasteiger partial charge in [0.1, 0.15) is 6.26 Å². The van der Waals surface area contributed by atoms with Gasteiger partial charge in [-0.2, -0.15) is 0 Å². The molecule has 78 valence electrons. The number of aromatic nitrogens is 1. The fourth-order valence-corrected chi connectivity index (χ4v) is 1.68. The fourth-order valence-electron chi connectivity index (χ4n) is 1.68. The third kappa shape index (κ3) is 2.33. The summed E-state index contributed by atoms with van der Waals surface area (Å²) in [5, 5.41) is 3.33. The SMILES string of the molecule is CCc1nc(CN2CCNCC2)co1. The zero-order chi connectivity index (χ0) is 9.80. The Kier molecular flexibility index (Phi) is 3.16. The van der Waals surface area contributed by atoms with Crippen LogP contribution in [0.15, 0.2) is 10.7 Å². The summed E-state index contributed by atoms with van der Waals surface area (Å²) in [6.45, 7) is 7.35. The van der Waals surface area contributed by atoms with Crippen molar-refractivity contribution in [1.29, 1.82) is 0 Å². The molecule has 0 atom stereocenters. The Morgan fingerprint density at radius 2 is 2.29 bits per heavy atom. The van der Waals surface area contributed by atoms with E-state index in [-0.39, 0.29) is 0 Å². The van der Waals surface area contributed by atoms with Gasteiger partial charge in [-0.15, -0.1) is 0 Å². The summed E-state index contributed by atoms with van der Waals surface area (Å²) < 4.78 is 5.30. The summed E-state index contributed by atoms with van der Waals surface area (Å²) in [7, 11) is 0. The molecule has 0 bridgehead atoms. The fraction of sp³-hybridized carbons (Fsp3) is 0.700. The predicted molar refractivity (Wildman–Crippen MR) is 54.0 cm³/mol. The molecular weight excluding hydrogens is 178 g/mol. The highest BCUT2D eigenvalue weighted by molar-refractivity contribution is 4.96. The molecule has 2 heterocycles. The van der Waals surface area contributed by atoms with Crippen LogP contribution < -0.4 is 5.32 Å². The molecule has 0 amide bonds. The largest absolute Gasteiger partial charge is 0.449 e. The van der Waals surface area contributed by atoms with Gasteiger partial charge in [0.05, 0.1) is 5.69 Å². The van der Waals surface area contributed by atoms with Crippen LogP contribution in [0.25, 0.3) is 0 Å². The van der Waals surface area contributed by atoms with Crippen molar-refractivity contribution in [2.24, 2.45) is 0 Å². The molecule has 0 aromatic carbocycles. The second-order valence-electron chi connectivity index (χ2n) is 3.61. The number of hydrogen-bond donors (Lipinski definition) is 1. The van der Waals surface area contributed by atoms with E-state index in [0.29, 0.717) is 0 Å². The Hall–Kier alpha value is -0.870. The number of rotatable bonds is 3. The summed E-state index contributed by atoms with van der Waals surface area (Å²) >= 11 is 0. The molecule has 4 nitrogen and oxygen atoms in total. The molecule has 0 saturated carbocycles. The molecule has 4 heteroatoms. The van der Waals surface area contributed by atoms with Gasteiger partial charge >= 0.3 is 0 Å². The van der Waals surface area contributed by atoms with Crippen molar-refractivity contribution < 1.29 is 4.42 Å². The van der Waals surface area contributed by atoms with Crippen LogP contribution in [-0.4, -0.2) is 36.1 Å². The maximum absolute atomic E-state index is 5.30. The van der Waals surface area contributed by atoms with E-state index in [4.69, 9.17) is 4.42 Å². The van der Waals surface area contributed by atoms with Gasteiger partial charge in [-0.1, -0.05) is 6.92 Å². The first-order chi connectivity index (χ1) is 6.88. The van der Waals surface area contributed by atoms with Crippen molar-refractivity contribution in [3.63, 3.8) is 0 Å². The van der Waals surface area contributed by atoms with Gasteiger partial charge in [0.25, 0.3) is 0 Å². The molecule has 1 aromatic heterocycles. The van der Waals surface area contributed by atoms with E-state index in [1.807, 2.05) is 0 Å². The van der Waals surface area contributed by atoms with E-state index in [0.717, 1.165) is 50.7 Å². The molecule has 14 heavy (non-hydrogen) atoms. The maximum atomic E-state index is 5.30. The highest BCUT2D eigenvalue weighted by Crippen LogP contribution is 2.06. The monoisotopic (exact) mass is 195 g/mol. The normalized spacial score (nSPS) is 18.6. The lowest BCUT2D eigenvalue weighted by Gasteiger charge is -2.25. The maximum Gasteiger partial charge on any atom is 0.193 e. The van der Waals surface area contributed by atoms with E-state index >= 15 is 0 Å². The molecule has 1 aliphatic heterocycles. The number of piperazine rings is 1. The summed E-state index contributed by atoms with van der Waals surface area (Å²) in [6, 6.07) is 0. The Labute approximate surface area is 84.3 Å². The number of nitrogens with zero attached hydrogens (tertiary/aromatic N) is 2. The minimum atomic E-state index is 0.843. The predicted octanol–water partition coefficient (Wildman–Crippen LogP) is 0.642. The van der Waals surface area contributed by atoms with Crippen LogP contribution in [0, 0.1) is 0 Å². The molecule has 1 saturated heterocycles. The quantitative estimate of drug-likeness (QED) is 0.768. The lowest BCUT2D eigenvalue weighted by molar-refractivity contribution is 0.230. The number of nitrogens with one attached hydrogen (secondary N) is 1. The van der Waals surface area contributed by atoms with Crippen molar-refractivity contribution >= 4 is 0 Å². The topological polar surface area (TPSA) is 41.3 Å². The van der Waals surface area contributed by atoms with Gasteiger partial charge in [0.15, 0.2) is 5.89 Å². The Balaban J connectivity index is 1.89. The highest BCUT2D eigenvalue weighted by Gasteiger charge is 2.11. The summed E-state index contributed by atoms with van der Waals surface area (Å²) in [6.07, 6.45) is 2.66. The lowest BCUT2D eigenvalue weighted by Crippen LogP contribution is -2.42. The highest BCUT2D eigenvalue weighted by atomic mass is 16.3. The second-order valence-corrected chi connectivity index (χ2v) is 3.61.